The summed E-state index contributed by atoms with van der Waals surface area (Å²) in [6, 6.07) is 11.7. The van der Waals surface area contributed by atoms with Gasteiger partial charge in [0.05, 0.1) is 16.4 Å². The van der Waals surface area contributed by atoms with Crippen LogP contribution in [0.3, 0.4) is 0 Å². The summed E-state index contributed by atoms with van der Waals surface area (Å²) in [5, 5.41) is 11.6. The highest BCUT2D eigenvalue weighted by Gasteiger charge is 2.29. The molecular weight excluding hydrogens is 406 g/mol. The highest BCUT2D eigenvalue weighted by molar-refractivity contribution is 8.18. The molecule has 1 amide bonds. The van der Waals surface area contributed by atoms with Crippen LogP contribution in [0.2, 0.25) is 0 Å². The number of nitro groups is 1. The van der Waals surface area contributed by atoms with Crippen molar-refractivity contribution in [2.75, 3.05) is 20.7 Å². The smallest absolute Gasteiger partial charge is 0.269 e. The predicted molar refractivity (Wildman–Crippen MR) is 117 cm³/mol. The third-order valence-electron chi connectivity index (χ3n) is 4.28. The highest BCUT2D eigenvalue weighted by atomic mass is 32.2. The summed E-state index contributed by atoms with van der Waals surface area (Å²) in [6.45, 7) is 2.47. The summed E-state index contributed by atoms with van der Waals surface area (Å²) in [5.74, 6) is 0.943. The number of hydrogen-bond acceptors (Lipinski definition) is 7. The number of amidine groups is 1. The third-order valence-corrected chi connectivity index (χ3v) is 5.43. The van der Waals surface area contributed by atoms with Crippen LogP contribution in [-0.4, -0.2) is 41.6 Å². The number of nitro benzene ring substituents is 1. The van der Waals surface area contributed by atoms with Gasteiger partial charge in [-0.15, -0.1) is 0 Å². The Morgan fingerprint density at radius 1 is 1.20 bits per heavy atom. The molecule has 0 saturated carbocycles. The number of hydrogen-bond donors (Lipinski definition) is 0. The predicted octanol–water partition coefficient (Wildman–Crippen LogP) is 4.10. The summed E-state index contributed by atoms with van der Waals surface area (Å²) in [5.41, 5.74) is 1.49. The molecule has 1 fully saturated rings. The zero-order valence-corrected chi connectivity index (χ0v) is 17.6. The van der Waals surface area contributed by atoms with Crippen LogP contribution in [-0.2, 0) is 11.4 Å². The van der Waals surface area contributed by atoms with Gasteiger partial charge >= 0.3 is 0 Å². The molecule has 30 heavy (non-hydrogen) atoms. The van der Waals surface area contributed by atoms with E-state index in [1.807, 2.05) is 13.0 Å². The maximum Gasteiger partial charge on any atom is 0.269 e. The zero-order chi connectivity index (χ0) is 21.7. The van der Waals surface area contributed by atoms with E-state index in [4.69, 9.17) is 9.47 Å². The van der Waals surface area contributed by atoms with E-state index in [1.165, 1.54) is 28.8 Å². The lowest BCUT2D eigenvalue weighted by atomic mass is 10.1. The van der Waals surface area contributed by atoms with Gasteiger partial charge in [0.15, 0.2) is 16.7 Å². The first-order chi connectivity index (χ1) is 14.4. The Hall–Kier alpha value is -3.33. The number of thioether (sulfide) groups is 1. The summed E-state index contributed by atoms with van der Waals surface area (Å²) >= 11 is 1.32. The fourth-order valence-corrected chi connectivity index (χ4v) is 3.75. The lowest BCUT2D eigenvalue weighted by molar-refractivity contribution is -0.384. The highest BCUT2D eigenvalue weighted by Crippen LogP contribution is 2.34. The number of non-ortho nitro benzene ring substituents is 1. The van der Waals surface area contributed by atoms with E-state index in [1.54, 1.807) is 44.4 Å². The Kier molecular flexibility index (Phi) is 6.73. The van der Waals surface area contributed by atoms with Gasteiger partial charge in [-0.25, -0.2) is 0 Å². The Bertz CT molecular complexity index is 1040. The first-order valence-electron chi connectivity index (χ1n) is 9.20. The quantitative estimate of drug-likeness (QED) is 0.375. The van der Waals surface area contributed by atoms with Crippen LogP contribution in [0.25, 0.3) is 6.08 Å². The van der Waals surface area contributed by atoms with Crippen molar-refractivity contribution in [2.24, 2.45) is 4.99 Å². The van der Waals surface area contributed by atoms with Gasteiger partial charge in [-0.2, -0.15) is 0 Å². The lowest BCUT2D eigenvalue weighted by Gasteiger charge is -2.13. The topological polar surface area (TPSA) is 94.3 Å². The minimum Gasteiger partial charge on any atom is -0.490 e. The second kappa shape index (κ2) is 9.45. The van der Waals surface area contributed by atoms with Crippen LogP contribution in [0.1, 0.15) is 18.1 Å². The Labute approximate surface area is 178 Å². The van der Waals surface area contributed by atoms with Gasteiger partial charge in [0.25, 0.3) is 11.6 Å². The maximum absolute atomic E-state index is 12.3. The summed E-state index contributed by atoms with van der Waals surface area (Å²) < 4.78 is 11.5. The molecular formula is C21H21N3O5S. The first-order valence-corrected chi connectivity index (χ1v) is 10.0. The molecule has 2 aromatic rings. The average molecular weight is 427 g/mol. The van der Waals surface area contributed by atoms with Crippen LogP contribution >= 0.6 is 11.8 Å². The molecule has 0 radical (unpaired) electrons. The van der Waals surface area contributed by atoms with Gasteiger partial charge in [0.2, 0.25) is 0 Å². The van der Waals surface area contributed by atoms with Gasteiger partial charge in [0.1, 0.15) is 6.61 Å². The number of carbonyl (C=O) groups is 1. The van der Waals surface area contributed by atoms with E-state index in [2.05, 4.69) is 4.99 Å². The van der Waals surface area contributed by atoms with E-state index in [0.29, 0.717) is 33.7 Å². The van der Waals surface area contributed by atoms with Crippen molar-refractivity contribution in [1.82, 2.24) is 4.90 Å². The summed E-state index contributed by atoms with van der Waals surface area (Å²) in [7, 11) is 3.34. The van der Waals surface area contributed by atoms with Gasteiger partial charge in [-0.05, 0) is 48.0 Å². The summed E-state index contributed by atoms with van der Waals surface area (Å²) in [6.07, 6.45) is 1.79. The molecule has 9 heteroatoms. The van der Waals surface area contributed by atoms with Crippen LogP contribution in [0.15, 0.2) is 52.4 Å². The fourth-order valence-electron chi connectivity index (χ4n) is 2.82. The molecule has 0 atom stereocenters. The number of benzene rings is 2. The molecule has 156 valence electrons. The Balaban J connectivity index is 1.80. The van der Waals surface area contributed by atoms with Crippen LogP contribution in [0.4, 0.5) is 5.69 Å². The normalized spacial score (nSPS) is 16.4. The summed E-state index contributed by atoms with van der Waals surface area (Å²) in [4.78, 5) is 29.0. The molecule has 0 spiro atoms. The molecule has 8 nitrogen and oxygen atoms in total. The van der Waals surface area contributed by atoms with Crippen molar-refractivity contribution in [3.8, 4) is 11.5 Å². The number of carbonyl (C=O) groups excluding carboxylic acids is 1. The number of likely N-dealkylation sites (N-methyl/N-ethyl adjacent to an activating group) is 1. The van der Waals surface area contributed by atoms with Gasteiger partial charge in [-0.1, -0.05) is 18.2 Å². The second-order valence-electron chi connectivity index (χ2n) is 6.34. The largest absolute Gasteiger partial charge is 0.490 e. The fraction of sp³-hybridized carbons (Fsp3) is 0.238. The van der Waals surface area contributed by atoms with E-state index >= 15 is 0 Å². The Morgan fingerprint density at radius 3 is 2.67 bits per heavy atom. The van der Waals surface area contributed by atoms with Crippen molar-refractivity contribution in [3.05, 3.63) is 68.6 Å². The number of nitrogens with zero attached hydrogens (tertiary/aromatic N) is 3. The molecule has 1 aliphatic rings. The molecule has 2 aromatic carbocycles. The van der Waals surface area contributed by atoms with Crippen molar-refractivity contribution >= 4 is 34.6 Å². The molecule has 1 heterocycles. The molecule has 0 aliphatic carbocycles. The van der Waals surface area contributed by atoms with Crippen molar-refractivity contribution in [1.29, 1.82) is 0 Å². The molecule has 1 aliphatic heterocycles. The minimum atomic E-state index is -0.439. The van der Waals surface area contributed by atoms with Crippen molar-refractivity contribution in [2.45, 2.75) is 13.5 Å². The SMILES string of the molecule is CCOc1cc(/C=C2/SC(=NC)N(C)C2=O)ccc1OCc1cccc([N+](=O)[O-])c1. The van der Waals surface area contributed by atoms with Gasteiger partial charge in [0, 0.05) is 26.2 Å². The number of ether oxygens (including phenoxy) is 2. The van der Waals surface area contributed by atoms with Crippen LogP contribution in [0, 0.1) is 10.1 Å². The van der Waals surface area contributed by atoms with E-state index in [0.717, 1.165) is 5.56 Å². The standard InChI is InChI=1S/C21H21N3O5S/c1-4-28-18-11-14(12-19-20(25)23(3)21(22-2)30-19)8-9-17(18)29-13-15-6-5-7-16(10-15)24(26)27/h5-12H,4,13H2,1-3H3/b19-12+,22-21?. The lowest BCUT2D eigenvalue weighted by Crippen LogP contribution is -2.23. The monoisotopic (exact) mass is 427 g/mol. The molecule has 0 unspecified atom stereocenters. The van der Waals surface area contributed by atoms with Crippen molar-refractivity contribution in [3.63, 3.8) is 0 Å². The Morgan fingerprint density at radius 2 is 2.00 bits per heavy atom. The molecule has 0 N–H and O–H groups in total. The number of amides is 1. The minimum absolute atomic E-state index is 0.0155. The first kappa shape index (κ1) is 21.4. The van der Waals surface area contributed by atoms with E-state index in [-0.39, 0.29) is 18.2 Å². The van der Waals surface area contributed by atoms with Gasteiger partial charge in [-0.3, -0.25) is 24.8 Å². The maximum atomic E-state index is 12.3. The van der Waals surface area contributed by atoms with E-state index in [9.17, 15) is 14.9 Å². The zero-order valence-electron chi connectivity index (χ0n) is 16.8. The second-order valence-corrected chi connectivity index (χ2v) is 7.34. The van der Waals surface area contributed by atoms with E-state index < -0.39 is 4.92 Å². The molecule has 3 rings (SSSR count). The number of rotatable bonds is 7. The molecule has 1 saturated heterocycles. The average Bonchev–Trinajstić information content (AvgIpc) is 3.01. The third kappa shape index (κ3) is 4.80. The number of aliphatic imine (C=N–C) groups is 1. The van der Waals surface area contributed by atoms with Crippen molar-refractivity contribution < 1.29 is 19.2 Å². The van der Waals surface area contributed by atoms with Gasteiger partial charge < -0.3 is 9.47 Å². The van der Waals surface area contributed by atoms with Crippen LogP contribution in [0.5, 0.6) is 11.5 Å². The molecule has 0 bridgehead atoms. The van der Waals surface area contributed by atoms with Crippen LogP contribution < -0.4 is 9.47 Å². The molecule has 0 aromatic heterocycles.